The van der Waals surface area contributed by atoms with E-state index < -0.39 is 27.8 Å². The summed E-state index contributed by atoms with van der Waals surface area (Å²) in [7, 11) is -2.40. The summed E-state index contributed by atoms with van der Waals surface area (Å²) in [5.41, 5.74) is -0.347. The van der Waals surface area contributed by atoms with Crippen LogP contribution >= 0.6 is 0 Å². The second kappa shape index (κ2) is 13.5. The number of carbonyl (C=O) groups is 2. The summed E-state index contributed by atoms with van der Waals surface area (Å²) < 4.78 is 70.3. The van der Waals surface area contributed by atoms with Gasteiger partial charge in [-0.3, -0.25) is 13.9 Å². The van der Waals surface area contributed by atoms with E-state index in [4.69, 9.17) is 4.74 Å². The Labute approximate surface area is 221 Å². The number of rotatable bonds is 13. The number of nitrogens with one attached hydrogen (secondary N) is 1. The molecular formula is C26H34F3N3O5S. The summed E-state index contributed by atoms with van der Waals surface area (Å²) in [4.78, 5) is 27.5. The Bertz CT molecular complexity index is 1190. The molecule has 0 saturated carbocycles. The van der Waals surface area contributed by atoms with Crippen LogP contribution in [0.15, 0.2) is 48.5 Å². The van der Waals surface area contributed by atoms with Gasteiger partial charge in [0.25, 0.3) is 0 Å². The van der Waals surface area contributed by atoms with Gasteiger partial charge in [-0.1, -0.05) is 25.1 Å². The molecule has 0 aromatic heterocycles. The highest BCUT2D eigenvalue weighted by Gasteiger charge is 2.32. The number of amides is 2. The van der Waals surface area contributed by atoms with Crippen molar-refractivity contribution in [3.8, 4) is 5.75 Å². The SMILES string of the molecule is CCNC(=O)C(CC)N(Cc1ccc(OC)cc1)C(=O)CCCN(c1cccc(C(F)(F)F)c1)S(C)(=O)=O. The zero-order chi connectivity index (χ0) is 28.5. The first-order valence-electron chi connectivity index (χ1n) is 12.2. The number of methoxy groups -OCH3 is 1. The van der Waals surface area contributed by atoms with Crippen molar-refractivity contribution in [3.63, 3.8) is 0 Å². The van der Waals surface area contributed by atoms with Gasteiger partial charge in [0, 0.05) is 26.1 Å². The highest BCUT2D eigenvalue weighted by atomic mass is 32.2. The molecule has 210 valence electrons. The number of alkyl halides is 3. The van der Waals surface area contributed by atoms with Gasteiger partial charge in [-0.15, -0.1) is 0 Å². The second-order valence-electron chi connectivity index (χ2n) is 8.68. The minimum atomic E-state index is -4.63. The topological polar surface area (TPSA) is 96.0 Å². The first-order chi connectivity index (χ1) is 17.8. The van der Waals surface area contributed by atoms with Crippen LogP contribution in [0.4, 0.5) is 18.9 Å². The van der Waals surface area contributed by atoms with Gasteiger partial charge >= 0.3 is 6.18 Å². The van der Waals surface area contributed by atoms with Gasteiger partial charge in [0.05, 0.1) is 24.6 Å². The third-order valence-electron chi connectivity index (χ3n) is 5.86. The van der Waals surface area contributed by atoms with Crippen molar-refractivity contribution in [2.75, 3.05) is 30.8 Å². The molecule has 0 radical (unpaired) electrons. The molecule has 1 unspecified atom stereocenters. The Balaban J connectivity index is 2.24. The van der Waals surface area contributed by atoms with Crippen LogP contribution in [-0.2, 0) is 32.3 Å². The van der Waals surface area contributed by atoms with Crippen molar-refractivity contribution in [2.45, 2.75) is 51.9 Å². The van der Waals surface area contributed by atoms with Gasteiger partial charge in [0.15, 0.2) is 0 Å². The summed E-state index contributed by atoms with van der Waals surface area (Å²) in [6, 6.07) is 10.3. The van der Waals surface area contributed by atoms with Gasteiger partial charge in [-0.2, -0.15) is 13.2 Å². The lowest BCUT2D eigenvalue weighted by Crippen LogP contribution is -2.49. The molecule has 38 heavy (non-hydrogen) atoms. The monoisotopic (exact) mass is 557 g/mol. The maximum absolute atomic E-state index is 13.3. The average molecular weight is 558 g/mol. The zero-order valence-corrected chi connectivity index (χ0v) is 22.7. The van der Waals surface area contributed by atoms with Gasteiger partial charge < -0.3 is 15.0 Å². The molecule has 0 saturated heterocycles. The lowest BCUT2D eigenvalue weighted by Gasteiger charge is -2.31. The van der Waals surface area contributed by atoms with Gasteiger partial charge in [0.2, 0.25) is 21.8 Å². The summed E-state index contributed by atoms with van der Waals surface area (Å²) >= 11 is 0. The van der Waals surface area contributed by atoms with E-state index in [9.17, 15) is 31.2 Å². The number of hydrogen-bond donors (Lipinski definition) is 1. The molecule has 2 amide bonds. The average Bonchev–Trinajstić information content (AvgIpc) is 2.85. The molecule has 0 bridgehead atoms. The number of nitrogens with zero attached hydrogens (tertiary/aromatic N) is 2. The number of carbonyl (C=O) groups excluding carboxylic acids is 2. The van der Waals surface area contributed by atoms with Crippen LogP contribution < -0.4 is 14.4 Å². The molecule has 12 heteroatoms. The van der Waals surface area contributed by atoms with Crippen molar-refractivity contribution in [3.05, 3.63) is 59.7 Å². The maximum atomic E-state index is 13.3. The molecule has 0 fully saturated rings. The number of likely N-dealkylation sites (N-methyl/N-ethyl adjacent to an activating group) is 1. The van der Waals surface area contributed by atoms with Gasteiger partial charge in [-0.25, -0.2) is 8.42 Å². The molecule has 0 aliphatic carbocycles. The van der Waals surface area contributed by atoms with Gasteiger partial charge in [-0.05, 0) is 55.7 Å². The standard InChI is InChI=1S/C26H34F3N3O5S/c1-5-23(25(34)30-6-2)31(18-19-12-14-22(37-3)15-13-19)24(33)11-8-16-32(38(4,35)36)21-10-7-9-20(17-21)26(27,28)29/h7,9-10,12-15,17,23H,5-6,8,11,16,18H2,1-4H3,(H,30,34). The number of sulfonamides is 1. The fourth-order valence-electron chi connectivity index (χ4n) is 3.98. The zero-order valence-electron chi connectivity index (χ0n) is 21.9. The van der Waals surface area contributed by atoms with Crippen molar-refractivity contribution in [2.24, 2.45) is 0 Å². The molecule has 1 atom stereocenters. The molecule has 2 aromatic carbocycles. The van der Waals surface area contributed by atoms with Crippen LogP contribution in [0, 0.1) is 0 Å². The van der Waals surface area contributed by atoms with Crippen LogP contribution in [0.2, 0.25) is 0 Å². The normalized spacial score (nSPS) is 12.5. The summed E-state index contributed by atoms with van der Waals surface area (Å²) in [5, 5.41) is 2.74. The van der Waals surface area contributed by atoms with E-state index in [0.29, 0.717) is 18.7 Å². The van der Waals surface area contributed by atoms with Crippen LogP contribution in [0.25, 0.3) is 0 Å². The van der Waals surface area contributed by atoms with E-state index in [1.54, 1.807) is 38.1 Å². The smallest absolute Gasteiger partial charge is 0.416 e. The Hall–Kier alpha value is -3.28. The highest BCUT2D eigenvalue weighted by molar-refractivity contribution is 7.92. The first kappa shape index (κ1) is 30.9. The van der Waals surface area contributed by atoms with E-state index in [1.807, 2.05) is 0 Å². The van der Waals surface area contributed by atoms with Crippen molar-refractivity contribution in [1.29, 1.82) is 0 Å². The Morgan fingerprint density at radius 2 is 1.74 bits per heavy atom. The number of halogens is 3. The lowest BCUT2D eigenvalue weighted by molar-refractivity contribution is -0.141. The van der Waals surface area contributed by atoms with Crippen molar-refractivity contribution < 1.29 is 35.9 Å². The third kappa shape index (κ3) is 8.64. The lowest BCUT2D eigenvalue weighted by atomic mass is 10.1. The molecule has 0 aliphatic heterocycles. The van der Waals surface area contributed by atoms with Gasteiger partial charge in [0.1, 0.15) is 11.8 Å². The molecule has 0 heterocycles. The number of benzene rings is 2. The van der Waals surface area contributed by atoms with Crippen LogP contribution in [0.3, 0.4) is 0 Å². The van der Waals surface area contributed by atoms with Crippen molar-refractivity contribution in [1.82, 2.24) is 10.2 Å². The number of ether oxygens (including phenoxy) is 1. The van der Waals surface area contributed by atoms with E-state index in [-0.39, 0.29) is 43.4 Å². The summed E-state index contributed by atoms with van der Waals surface area (Å²) in [5.74, 6) is -0.0483. The molecule has 1 N–H and O–H groups in total. The Kier molecular flexibility index (Phi) is 11.0. The fourth-order valence-corrected chi connectivity index (χ4v) is 4.94. The largest absolute Gasteiger partial charge is 0.497 e. The predicted molar refractivity (Wildman–Crippen MR) is 139 cm³/mol. The van der Waals surface area contributed by atoms with Crippen LogP contribution in [-0.4, -0.2) is 57.6 Å². The Morgan fingerprint density at radius 1 is 1.08 bits per heavy atom. The minimum absolute atomic E-state index is 0.0348. The molecule has 2 rings (SSSR count). The minimum Gasteiger partial charge on any atom is -0.497 e. The highest BCUT2D eigenvalue weighted by Crippen LogP contribution is 2.32. The first-order valence-corrected chi connectivity index (χ1v) is 14.0. The van der Waals surface area contributed by atoms with E-state index >= 15 is 0 Å². The maximum Gasteiger partial charge on any atom is 0.416 e. The number of hydrogen-bond acceptors (Lipinski definition) is 5. The van der Waals surface area contributed by atoms with Crippen molar-refractivity contribution >= 4 is 27.5 Å². The third-order valence-corrected chi connectivity index (χ3v) is 7.06. The van der Waals surface area contributed by atoms with Crippen LogP contribution in [0.1, 0.15) is 44.2 Å². The molecule has 0 aliphatic rings. The fraction of sp³-hybridized carbons (Fsp3) is 0.462. The van der Waals surface area contributed by atoms with Crippen LogP contribution in [0.5, 0.6) is 5.75 Å². The predicted octanol–water partition coefficient (Wildman–Crippen LogP) is 4.20. The van der Waals surface area contributed by atoms with E-state index in [1.165, 1.54) is 18.1 Å². The second-order valence-corrected chi connectivity index (χ2v) is 10.6. The molecule has 2 aromatic rings. The quantitative estimate of drug-likeness (QED) is 0.398. The summed E-state index contributed by atoms with van der Waals surface area (Å²) in [6.07, 6.45) is -3.46. The Morgan fingerprint density at radius 3 is 2.26 bits per heavy atom. The molecule has 0 spiro atoms. The van der Waals surface area contributed by atoms with E-state index in [2.05, 4.69) is 5.32 Å². The van der Waals surface area contributed by atoms with E-state index in [0.717, 1.165) is 34.3 Å². The molecule has 8 nitrogen and oxygen atoms in total. The summed E-state index contributed by atoms with van der Waals surface area (Å²) in [6.45, 7) is 3.88. The number of anilines is 1. The molecular weight excluding hydrogens is 523 g/mol.